The molecule has 0 spiro atoms. The van der Waals surface area contributed by atoms with E-state index in [1.807, 2.05) is 26.0 Å². The second-order valence-corrected chi connectivity index (χ2v) is 4.59. The second kappa shape index (κ2) is 4.67. The van der Waals surface area contributed by atoms with Crippen molar-refractivity contribution in [2.75, 3.05) is 0 Å². The molecule has 16 heavy (non-hydrogen) atoms. The van der Waals surface area contributed by atoms with Crippen LogP contribution in [0.25, 0.3) is 0 Å². The van der Waals surface area contributed by atoms with E-state index in [1.165, 1.54) is 11.8 Å². The van der Waals surface area contributed by atoms with Gasteiger partial charge in [0.1, 0.15) is 6.26 Å². The first-order valence-electron chi connectivity index (χ1n) is 4.96. The monoisotopic (exact) mass is 235 g/mol. The summed E-state index contributed by atoms with van der Waals surface area (Å²) in [6.07, 6.45) is 3.41. The summed E-state index contributed by atoms with van der Waals surface area (Å²) in [4.78, 5) is 9.47. The van der Waals surface area contributed by atoms with E-state index in [-0.39, 0.29) is 6.04 Å². The minimum Gasteiger partial charge on any atom is -0.439 e. The van der Waals surface area contributed by atoms with E-state index in [1.54, 1.807) is 12.5 Å². The minimum atomic E-state index is -0.0389. The molecule has 0 aromatic carbocycles. The molecule has 0 fully saturated rings. The Hall–Kier alpha value is -1.33. The predicted molar refractivity (Wildman–Crippen MR) is 62.2 cm³/mol. The molecule has 2 aromatic rings. The van der Waals surface area contributed by atoms with Crippen LogP contribution in [0.2, 0.25) is 0 Å². The van der Waals surface area contributed by atoms with Crippen molar-refractivity contribution in [3.63, 3.8) is 0 Å². The van der Waals surface area contributed by atoms with Gasteiger partial charge in [-0.1, -0.05) is 0 Å². The Morgan fingerprint density at radius 2 is 2.25 bits per heavy atom. The fourth-order valence-electron chi connectivity index (χ4n) is 1.20. The van der Waals surface area contributed by atoms with E-state index in [4.69, 9.17) is 10.2 Å². The minimum absolute atomic E-state index is 0.0389. The van der Waals surface area contributed by atoms with E-state index in [9.17, 15) is 0 Å². The average Bonchev–Trinajstić information content (AvgIpc) is 2.65. The second-order valence-electron chi connectivity index (χ2n) is 3.56. The third-order valence-electron chi connectivity index (χ3n) is 2.03. The number of rotatable bonds is 3. The van der Waals surface area contributed by atoms with Gasteiger partial charge in [-0.05, 0) is 37.7 Å². The normalized spacial score (nSPS) is 12.7. The van der Waals surface area contributed by atoms with Gasteiger partial charge in [0.05, 0.1) is 11.4 Å². The predicted octanol–water partition coefficient (Wildman–Crippen LogP) is 2.55. The van der Waals surface area contributed by atoms with Gasteiger partial charge >= 0.3 is 0 Å². The Morgan fingerprint density at radius 3 is 2.75 bits per heavy atom. The lowest BCUT2D eigenvalue weighted by atomic mass is 10.2. The van der Waals surface area contributed by atoms with Crippen LogP contribution in [0, 0.1) is 6.92 Å². The molecule has 4 nitrogen and oxygen atoms in total. The van der Waals surface area contributed by atoms with E-state index < -0.39 is 0 Å². The van der Waals surface area contributed by atoms with E-state index in [0.717, 1.165) is 16.3 Å². The summed E-state index contributed by atoms with van der Waals surface area (Å²) in [5.41, 5.74) is 7.48. The maximum Gasteiger partial charge on any atom is 0.260 e. The SMILES string of the molecule is Cc1coc(Sc2ccc([C@@H](C)N)nc2)n1. The Bertz CT molecular complexity index is 464. The van der Waals surface area contributed by atoms with Gasteiger partial charge in [-0.15, -0.1) is 0 Å². The van der Waals surface area contributed by atoms with Gasteiger partial charge in [-0.2, -0.15) is 0 Å². The number of nitrogens with two attached hydrogens (primary N) is 1. The molecule has 0 bridgehead atoms. The number of aromatic nitrogens is 2. The quantitative estimate of drug-likeness (QED) is 0.885. The average molecular weight is 235 g/mol. The first-order chi connectivity index (χ1) is 7.65. The van der Waals surface area contributed by atoms with Crippen LogP contribution in [-0.4, -0.2) is 9.97 Å². The molecule has 0 saturated heterocycles. The molecule has 0 unspecified atom stereocenters. The van der Waals surface area contributed by atoms with Gasteiger partial charge in [0.2, 0.25) is 0 Å². The van der Waals surface area contributed by atoms with Gasteiger partial charge in [0.25, 0.3) is 5.22 Å². The molecule has 0 amide bonds. The molecule has 2 heterocycles. The van der Waals surface area contributed by atoms with Crippen molar-refractivity contribution >= 4 is 11.8 Å². The molecular formula is C11H13N3OS. The number of aryl methyl sites for hydroxylation is 1. The fraction of sp³-hybridized carbons (Fsp3) is 0.273. The summed E-state index contributed by atoms with van der Waals surface area (Å²) in [5.74, 6) is 0. The summed E-state index contributed by atoms with van der Waals surface area (Å²) in [6, 6.07) is 3.85. The summed E-state index contributed by atoms with van der Waals surface area (Å²) >= 11 is 1.45. The molecule has 0 aliphatic heterocycles. The lowest BCUT2D eigenvalue weighted by molar-refractivity contribution is 0.454. The van der Waals surface area contributed by atoms with Crippen LogP contribution < -0.4 is 5.73 Å². The highest BCUT2D eigenvalue weighted by Crippen LogP contribution is 2.26. The Morgan fingerprint density at radius 1 is 1.44 bits per heavy atom. The van der Waals surface area contributed by atoms with E-state index in [0.29, 0.717) is 5.22 Å². The molecule has 2 rings (SSSR count). The van der Waals surface area contributed by atoms with Gasteiger partial charge < -0.3 is 10.2 Å². The van der Waals surface area contributed by atoms with Gasteiger partial charge in [0.15, 0.2) is 0 Å². The van der Waals surface area contributed by atoms with Crippen molar-refractivity contribution in [2.45, 2.75) is 30.0 Å². The highest BCUT2D eigenvalue weighted by atomic mass is 32.2. The highest BCUT2D eigenvalue weighted by molar-refractivity contribution is 7.99. The molecule has 0 aliphatic rings. The highest BCUT2D eigenvalue weighted by Gasteiger charge is 2.05. The van der Waals surface area contributed by atoms with Gasteiger partial charge in [-0.25, -0.2) is 4.98 Å². The van der Waals surface area contributed by atoms with Crippen molar-refractivity contribution in [1.29, 1.82) is 0 Å². The molecule has 84 valence electrons. The van der Waals surface area contributed by atoms with Crippen LogP contribution in [-0.2, 0) is 0 Å². The molecule has 0 saturated carbocycles. The number of hydrogen-bond donors (Lipinski definition) is 1. The molecule has 5 heteroatoms. The van der Waals surface area contributed by atoms with Crippen LogP contribution in [0.3, 0.4) is 0 Å². The summed E-state index contributed by atoms with van der Waals surface area (Å²) in [5, 5.41) is 0.632. The van der Waals surface area contributed by atoms with Crippen LogP contribution in [0.5, 0.6) is 0 Å². The van der Waals surface area contributed by atoms with E-state index in [2.05, 4.69) is 9.97 Å². The summed E-state index contributed by atoms with van der Waals surface area (Å²) < 4.78 is 5.25. The molecule has 0 radical (unpaired) electrons. The van der Waals surface area contributed by atoms with Crippen molar-refractivity contribution in [1.82, 2.24) is 9.97 Å². The number of oxazole rings is 1. The molecule has 0 aliphatic carbocycles. The van der Waals surface area contributed by atoms with E-state index >= 15 is 0 Å². The summed E-state index contributed by atoms with van der Waals surface area (Å²) in [7, 11) is 0. The number of hydrogen-bond acceptors (Lipinski definition) is 5. The summed E-state index contributed by atoms with van der Waals surface area (Å²) in [6.45, 7) is 3.80. The van der Waals surface area contributed by atoms with Crippen LogP contribution >= 0.6 is 11.8 Å². The zero-order chi connectivity index (χ0) is 11.5. The van der Waals surface area contributed by atoms with Crippen molar-refractivity contribution in [3.8, 4) is 0 Å². The van der Waals surface area contributed by atoms with Crippen molar-refractivity contribution < 1.29 is 4.42 Å². The largest absolute Gasteiger partial charge is 0.439 e. The standard InChI is InChI=1S/C11H13N3OS/c1-7-6-15-11(14-7)16-9-3-4-10(8(2)12)13-5-9/h3-6,8H,12H2,1-2H3/t8-/m1/s1. The topological polar surface area (TPSA) is 64.9 Å². The van der Waals surface area contributed by atoms with Gasteiger partial charge in [-0.3, -0.25) is 4.98 Å². The van der Waals surface area contributed by atoms with Crippen LogP contribution in [0.15, 0.2) is 39.1 Å². The Balaban J connectivity index is 2.11. The zero-order valence-corrected chi connectivity index (χ0v) is 9.99. The number of pyridine rings is 1. The Kier molecular flexibility index (Phi) is 3.26. The lowest BCUT2D eigenvalue weighted by Gasteiger charge is -2.04. The van der Waals surface area contributed by atoms with Crippen molar-refractivity contribution in [3.05, 3.63) is 36.0 Å². The van der Waals surface area contributed by atoms with Crippen molar-refractivity contribution in [2.24, 2.45) is 5.73 Å². The maximum atomic E-state index is 5.72. The van der Waals surface area contributed by atoms with Gasteiger partial charge in [0, 0.05) is 17.1 Å². The first-order valence-corrected chi connectivity index (χ1v) is 5.78. The maximum absolute atomic E-state index is 5.72. The molecular weight excluding hydrogens is 222 g/mol. The third-order valence-corrected chi connectivity index (χ3v) is 2.87. The first kappa shape index (κ1) is 11.2. The number of nitrogens with zero attached hydrogens (tertiary/aromatic N) is 2. The Labute approximate surface area is 98.3 Å². The smallest absolute Gasteiger partial charge is 0.260 e. The fourth-order valence-corrected chi connectivity index (χ4v) is 1.93. The zero-order valence-electron chi connectivity index (χ0n) is 9.18. The molecule has 2 aromatic heterocycles. The van der Waals surface area contributed by atoms with Crippen LogP contribution in [0.4, 0.5) is 0 Å². The molecule has 2 N–H and O–H groups in total. The molecule has 1 atom stereocenters. The lowest BCUT2D eigenvalue weighted by Crippen LogP contribution is -2.06. The van der Waals surface area contributed by atoms with Crippen LogP contribution in [0.1, 0.15) is 24.4 Å². The third kappa shape index (κ3) is 2.62.